The molecule has 0 N–H and O–H groups in total. The van der Waals surface area contributed by atoms with E-state index in [0.717, 1.165) is 60.9 Å². The third kappa shape index (κ3) is 3.20. The van der Waals surface area contributed by atoms with Gasteiger partial charge in [-0.3, -0.25) is 9.69 Å². The van der Waals surface area contributed by atoms with Gasteiger partial charge in [-0.25, -0.2) is 0 Å². The van der Waals surface area contributed by atoms with Crippen LogP contribution in [0, 0.1) is 23.2 Å². The number of Topliss-reactive ketones (excluding diaryl/α,β-unsaturated/α-hetero) is 1. The van der Waals surface area contributed by atoms with Crippen LogP contribution in [0.1, 0.15) is 36.0 Å². The number of hydrogen-bond donors (Lipinski definition) is 0. The third-order valence-corrected chi connectivity index (χ3v) is 5.97. The number of benzene rings is 2. The molecule has 2 fully saturated rings. The first kappa shape index (κ1) is 17.1. The van der Waals surface area contributed by atoms with Crippen molar-refractivity contribution in [2.75, 3.05) is 20.2 Å². The molecule has 1 saturated heterocycles. The Kier molecular flexibility index (Phi) is 4.65. The Hall–Kier alpha value is -2.38. The van der Waals surface area contributed by atoms with Crippen LogP contribution in [0.15, 0.2) is 36.4 Å². The van der Waals surface area contributed by atoms with Gasteiger partial charge in [-0.05, 0) is 61.2 Å². The number of carbonyl (C=O) groups excluding carboxylic acids is 1. The van der Waals surface area contributed by atoms with E-state index in [0.29, 0.717) is 6.04 Å². The summed E-state index contributed by atoms with van der Waals surface area (Å²) in [5.74, 6) is 1.37. The number of methoxy groups -OCH3 is 1. The molecule has 0 radical (unpaired) electrons. The number of ether oxygens (including phenoxy) is 1. The topological polar surface area (TPSA) is 53.3 Å². The second-order valence-electron chi connectivity index (χ2n) is 7.58. The van der Waals surface area contributed by atoms with Gasteiger partial charge >= 0.3 is 0 Å². The smallest absolute Gasteiger partial charge is 0.167 e. The van der Waals surface area contributed by atoms with Crippen molar-refractivity contribution < 1.29 is 9.53 Å². The van der Waals surface area contributed by atoms with Gasteiger partial charge in [-0.15, -0.1) is 0 Å². The summed E-state index contributed by atoms with van der Waals surface area (Å²) in [5.41, 5.74) is 0.804. The monoisotopic (exact) mass is 348 g/mol. The quantitative estimate of drug-likeness (QED) is 0.782. The number of fused-ring (bicyclic) bond motifs is 1. The zero-order chi connectivity index (χ0) is 18.1. The summed E-state index contributed by atoms with van der Waals surface area (Å²) in [7, 11) is 1.66. The molecule has 4 heteroatoms. The first-order chi connectivity index (χ1) is 12.7. The molecule has 1 aliphatic heterocycles. The predicted octanol–water partition coefficient (Wildman–Crippen LogP) is 4.05. The van der Waals surface area contributed by atoms with Crippen molar-refractivity contribution in [3.05, 3.63) is 42.0 Å². The highest BCUT2D eigenvalue weighted by Crippen LogP contribution is 2.34. The number of ketones is 1. The van der Waals surface area contributed by atoms with Gasteiger partial charge in [0.25, 0.3) is 0 Å². The van der Waals surface area contributed by atoms with Crippen LogP contribution in [0.4, 0.5) is 0 Å². The second-order valence-corrected chi connectivity index (χ2v) is 7.58. The van der Waals surface area contributed by atoms with Gasteiger partial charge in [0.05, 0.1) is 13.2 Å². The van der Waals surface area contributed by atoms with E-state index in [-0.39, 0.29) is 17.6 Å². The molecule has 0 bridgehead atoms. The lowest BCUT2D eigenvalue weighted by Crippen LogP contribution is -2.50. The van der Waals surface area contributed by atoms with Crippen molar-refractivity contribution in [2.45, 2.75) is 31.7 Å². The van der Waals surface area contributed by atoms with Gasteiger partial charge in [0.2, 0.25) is 0 Å². The summed E-state index contributed by atoms with van der Waals surface area (Å²) in [6.45, 7) is 1.90. The third-order valence-electron chi connectivity index (χ3n) is 5.97. The molecule has 0 spiro atoms. The van der Waals surface area contributed by atoms with E-state index in [1.807, 2.05) is 36.4 Å². The average molecular weight is 348 g/mol. The number of hydrogen-bond acceptors (Lipinski definition) is 4. The van der Waals surface area contributed by atoms with Crippen molar-refractivity contribution in [1.82, 2.24) is 4.90 Å². The number of nitriles is 1. The van der Waals surface area contributed by atoms with Gasteiger partial charge < -0.3 is 4.74 Å². The molecule has 0 aromatic heterocycles. The summed E-state index contributed by atoms with van der Waals surface area (Å²) < 4.78 is 5.27. The maximum Gasteiger partial charge on any atom is 0.167 e. The Labute approximate surface area is 154 Å². The normalized spacial score (nSPS) is 26.1. The van der Waals surface area contributed by atoms with E-state index >= 15 is 0 Å². The lowest BCUT2D eigenvalue weighted by molar-refractivity contribution is 0.0507. The van der Waals surface area contributed by atoms with Gasteiger partial charge in [-0.2, -0.15) is 5.26 Å². The molecule has 2 aromatic rings. The molecule has 2 aliphatic rings. The minimum atomic E-state index is 0.0700. The zero-order valence-corrected chi connectivity index (χ0v) is 15.1. The highest BCUT2D eigenvalue weighted by Gasteiger charge is 2.37. The Morgan fingerprint density at radius 2 is 1.96 bits per heavy atom. The molecule has 134 valence electrons. The average Bonchev–Trinajstić information content (AvgIpc) is 2.66. The maximum atomic E-state index is 13.1. The molecule has 1 saturated carbocycles. The molecule has 1 heterocycles. The summed E-state index contributed by atoms with van der Waals surface area (Å²) in [4.78, 5) is 15.5. The SMILES string of the molecule is COc1ccc2cc(C(=O)C3CCCN(C4CC(C#N)C4)C3)ccc2c1. The van der Waals surface area contributed by atoms with E-state index < -0.39 is 0 Å². The van der Waals surface area contributed by atoms with Crippen molar-refractivity contribution in [3.8, 4) is 11.8 Å². The molecular weight excluding hydrogens is 324 g/mol. The molecule has 1 unspecified atom stereocenters. The molecule has 4 rings (SSSR count). The minimum absolute atomic E-state index is 0.0700. The van der Waals surface area contributed by atoms with Crippen LogP contribution in [-0.2, 0) is 0 Å². The van der Waals surface area contributed by atoms with Gasteiger partial charge in [0.1, 0.15) is 5.75 Å². The summed E-state index contributed by atoms with van der Waals surface area (Å²) >= 11 is 0. The Balaban J connectivity index is 1.48. The van der Waals surface area contributed by atoms with Crippen LogP contribution in [0.25, 0.3) is 10.8 Å². The first-order valence-corrected chi connectivity index (χ1v) is 9.43. The second kappa shape index (κ2) is 7.09. The Bertz CT molecular complexity index is 864. The fourth-order valence-corrected chi connectivity index (χ4v) is 4.28. The Morgan fingerprint density at radius 3 is 2.73 bits per heavy atom. The predicted molar refractivity (Wildman–Crippen MR) is 101 cm³/mol. The minimum Gasteiger partial charge on any atom is -0.497 e. The van der Waals surface area contributed by atoms with Gasteiger partial charge in [0, 0.05) is 30.0 Å². The summed E-state index contributed by atoms with van der Waals surface area (Å²) in [5, 5.41) is 11.1. The van der Waals surface area contributed by atoms with Gasteiger partial charge in [0.15, 0.2) is 5.78 Å². The number of nitrogens with zero attached hydrogens (tertiary/aromatic N) is 2. The highest BCUT2D eigenvalue weighted by atomic mass is 16.5. The fourth-order valence-electron chi connectivity index (χ4n) is 4.28. The molecular formula is C22H24N2O2. The molecule has 1 atom stereocenters. The number of likely N-dealkylation sites (tertiary alicyclic amines) is 1. The standard InChI is InChI=1S/C22H24N2O2/c1-26-21-7-6-16-11-18(5-4-17(16)12-21)22(25)19-3-2-8-24(14-19)20-9-15(10-20)13-23/h4-7,11-12,15,19-20H,2-3,8-10,14H2,1H3. The van der Waals surface area contributed by atoms with Crippen LogP contribution in [-0.4, -0.2) is 36.9 Å². The van der Waals surface area contributed by atoms with Crippen molar-refractivity contribution >= 4 is 16.6 Å². The van der Waals surface area contributed by atoms with E-state index in [1.54, 1.807) is 7.11 Å². The van der Waals surface area contributed by atoms with Crippen LogP contribution in [0.3, 0.4) is 0 Å². The zero-order valence-electron chi connectivity index (χ0n) is 15.1. The molecule has 4 nitrogen and oxygen atoms in total. The number of piperidine rings is 1. The highest BCUT2D eigenvalue weighted by molar-refractivity contribution is 6.01. The summed E-state index contributed by atoms with van der Waals surface area (Å²) in [6, 6.07) is 14.7. The number of carbonyl (C=O) groups is 1. The lowest BCUT2D eigenvalue weighted by Gasteiger charge is -2.44. The fraction of sp³-hybridized carbons (Fsp3) is 0.455. The molecule has 26 heavy (non-hydrogen) atoms. The van der Waals surface area contributed by atoms with Crippen LogP contribution >= 0.6 is 0 Å². The van der Waals surface area contributed by atoms with E-state index in [1.165, 1.54) is 0 Å². The maximum absolute atomic E-state index is 13.1. The van der Waals surface area contributed by atoms with Crippen LogP contribution in [0.2, 0.25) is 0 Å². The van der Waals surface area contributed by atoms with Crippen LogP contribution in [0.5, 0.6) is 5.75 Å². The summed E-state index contributed by atoms with van der Waals surface area (Å²) in [6.07, 6.45) is 3.96. The Morgan fingerprint density at radius 1 is 1.19 bits per heavy atom. The van der Waals surface area contributed by atoms with Crippen molar-refractivity contribution in [3.63, 3.8) is 0 Å². The van der Waals surface area contributed by atoms with E-state index in [2.05, 4.69) is 11.0 Å². The molecule has 0 amide bonds. The van der Waals surface area contributed by atoms with E-state index in [9.17, 15) is 4.79 Å². The van der Waals surface area contributed by atoms with Crippen LogP contribution < -0.4 is 4.74 Å². The van der Waals surface area contributed by atoms with Crippen molar-refractivity contribution in [2.24, 2.45) is 11.8 Å². The largest absolute Gasteiger partial charge is 0.497 e. The first-order valence-electron chi connectivity index (χ1n) is 9.43. The van der Waals surface area contributed by atoms with Gasteiger partial charge in [-0.1, -0.05) is 18.2 Å². The van der Waals surface area contributed by atoms with Crippen molar-refractivity contribution in [1.29, 1.82) is 5.26 Å². The molecule has 2 aromatic carbocycles. The molecule has 1 aliphatic carbocycles. The number of rotatable bonds is 4. The van der Waals surface area contributed by atoms with E-state index in [4.69, 9.17) is 10.00 Å². The lowest BCUT2D eigenvalue weighted by atomic mass is 9.78.